The quantitative estimate of drug-likeness (QED) is 0.518. The lowest BCUT2D eigenvalue weighted by atomic mass is 10.1. The van der Waals surface area contributed by atoms with Crippen molar-refractivity contribution in [2.24, 2.45) is 0 Å². The molecule has 1 amide bonds. The Morgan fingerprint density at radius 1 is 1.38 bits per heavy atom. The van der Waals surface area contributed by atoms with Gasteiger partial charge < -0.3 is 16.4 Å². The molecule has 13 heavy (non-hydrogen) atoms. The second kappa shape index (κ2) is 2.65. The van der Waals surface area contributed by atoms with Gasteiger partial charge in [-0.25, -0.2) is 0 Å². The van der Waals surface area contributed by atoms with E-state index in [1.807, 2.05) is 13.0 Å². The first kappa shape index (κ1) is 7.91. The van der Waals surface area contributed by atoms with Crippen molar-refractivity contribution in [1.82, 2.24) is 0 Å². The Hall–Kier alpha value is -1.71. The van der Waals surface area contributed by atoms with Crippen LogP contribution >= 0.6 is 0 Å². The van der Waals surface area contributed by atoms with Gasteiger partial charge >= 0.3 is 0 Å². The van der Waals surface area contributed by atoms with Crippen LogP contribution < -0.4 is 16.4 Å². The zero-order valence-electron chi connectivity index (χ0n) is 7.29. The molecular formula is C9H11N3O. The third-order valence-corrected chi connectivity index (χ3v) is 2.07. The number of carbonyl (C=O) groups is 1. The number of amides is 1. The highest BCUT2D eigenvalue weighted by Crippen LogP contribution is 2.28. The number of nitrogens with one attached hydrogen (secondary N) is 2. The minimum Gasteiger partial charge on any atom is -0.399 e. The van der Waals surface area contributed by atoms with Crippen LogP contribution in [-0.2, 0) is 4.79 Å². The molecule has 4 heteroatoms. The number of benzene rings is 1. The zero-order chi connectivity index (χ0) is 9.42. The Bertz CT molecular complexity index is 362. The minimum absolute atomic E-state index is 0.0295. The Morgan fingerprint density at radius 3 is 2.92 bits per heavy atom. The molecule has 0 radical (unpaired) electrons. The Morgan fingerprint density at radius 2 is 2.15 bits per heavy atom. The largest absolute Gasteiger partial charge is 0.399 e. The molecule has 2 rings (SSSR count). The SMILES string of the molecule is C[C@H]1Nc2ccc(N)cc2NC1=O. The summed E-state index contributed by atoms with van der Waals surface area (Å²) in [5.41, 5.74) is 7.90. The number of hydrogen-bond donors (Lipinski definition) is 3. The molecule has 1 aromatic carbocycles. The topological polar surface area (TPSA) is 67.2 Å². The van der Waals surface area contributed by atoms with Crippen molar-refractivity contribution in [3.05, 3.63) is 18.2 Å². The summed E-state index contributed by atoms with van der Waals surface area (Å²) in [6.45, 7) is 1.81. The van der Waals surface area contributed by atoms with Gasteiger partial charge in [0.1, 0.15) is 6.04 Å². The molecule has 0 unspecified atom stereocenters. The van der Waals surface area contributed by atoms with Crippen LogP contribution in [0.15, 0.2) is 18.2 Å². The van der Waals surface area contributed by atoms with E-state index in [1.54, 1.807) is 12.1 Å². The van der Waals surface area contributed by atoms with Gasteiger partial charge in [-0.05, 0) is 25.1 Å². The summed E-state index contributed by atoms with van der Waals surface area (Å²) in [7, 11) is 0. The van der Waals surface area contributed by atoms with Crippen LogP contribution in [-0.4, -0.2) is 11.9 Å². The number of nitrogens with two attached hydrogens (primary N) is 1. The van der Waals surface area contributed by atoms with E-state index in [1.165, 1.54) is 0 Å². The van der Waals surface area contributed by atoms with Crippen molar-refractivity contribution in [1.29, 1.82) is 0 Å². The highest BCUT2D eigenvalue weighted by molar-refractivity contribution is 6.03. The van der Waals surface area contributed by atoms with Gasteiger partial charge in [-0.1, -0.05) is 0 Å². The smallest absolute Gasteiger partial charge is 0.246 e. The van der Waals surface area contributed by atoms with E-state index in [0.29, 0.717) is 5.69 Å². The van der Waals surface area contributed by atoms with Crippen LogP contribution in [0, 0.1) is 0 Å². The molecule has 0 aromatic heterocycles. The molecular weight excluding hydrogens is 166 g/mol. The average Bonchev–Trinajstić information content (AvgIpc) is 2.08. The molecule has 0 bridgehead atoms. The summed E-state index contributed by atoms with van der Waals surface area (Å²) in [6.07, 6.45) is 0. The first-order chi connectivity index (χ1) is 6.16. The normalized spacial score (nSPS) is 20.1. The van der Waals surface area contributed by atoms with Crippen molar-refractivity contribution in [2.45, 2.75) is 13.0 Å². The maximum atomic E-state index is 11.3. The minimum atomic E-state index is -0.184. The van der Waals surface area contributed by atoms with Crippen molar-refractivity contribution in [3.8, 4) is 0 Å². The van der Waals surface area contributed by atoms with Gasteiger partial charge in [0.2, 0.25) is 5.91 Å². The first-order valence-electron chi connectivity index (χ1n) is 4.14. The molecule has 4 nitrogen and oxygen atoms in total. The molecule has 0 saturated carbocycles. The number of hydrogen-bond acceptors (Lipinski definition) is 3. The second-order valence-electron chi connectivity index (χ2n) is 3.16. The van der Waals surface area contributed by atoms with Crippen LogP contribution in [0.25, 0.3) is 0 Å². The molecule has 68 valence electrons. The van der Waals surface area contributed by atoms with Gasteiger partial charge in [-0.3, -0.25) is 4.79 Å². The van der Waals surface area contributed by atoms with E-state index in [2.05, 4.69) is 10.6 Å². The third kappa shape index (κ3) is 1.30. The number of nitrogen functional groups attached to an aromatic ring is 1. The van der Waals surface area contributed by atoms with Gasteiger partial charge in [-0.15, -0.1) is 0 Å². The van der Waals surface area contributed by atoms with Crippen LogP contribution in [0.1, 0.15) is 6.92 Å². The van der Waals surface area contributed by atoms with Crippen LogP contribution in [0.5, 0.6) is 0 Å². The number of anilines is 3. The number of carbonyl (C=O) groups excluding carboxylic acids is 1. The second-order valence-corrected chi connectivity index (χ2v) is 3.16. The molecule has 4 N–H and O–H groups in total. The number of fused-ring (bicyclic) bond motifs is 1. The highest BCUT2D eigenvalue weighted by atomic mass is 16.2. The average molecular weight is 177 g/mol. The van der Waals surface area contributed by atoms with E-state index in [9.17, 15) is 4.79 Å². The van der Waals surface area contributed by atoms with E-state index in [4.69, 9.17) is 5.73 Å². The summed E-state index contributed by atoms with van der Waals surface area (Å²) in [6, 6.07) is 5.22. The van der Waals surface area contributed by atoms with Crippen molar-refractivity contribution < 1.29 is 4.79 Å². The monoisotopic (exact) mass is 177 g/mol. The Kier molecular flexibility index (Phi) is 1.62. The molecule has 1 aliphatic rings. The molecule has 1 heterocycles. The lowest BCUT2D eigenvalue weighted by molar-refractivity contribution is -0.116. The third-order valence-electron chi connectivity index (χ3n) is 2.07. The maximum Gasteiger partial charge on any atom is 0.246 e. The Balaban J connectivity index is 2.42. The van der Waals surface area contributed by atoms with Crippen LogP contribution in [0.4, 0.5) is 17.1 Å². The van der Waals surface area contributed by atoms with Crippen molar-refractivity contribution >= 4 is 23.0 Å². The van der Waals surface area contributed by atoms with E-state index < -0.39 is 0 Å². The van der Waals surface area contributed by atoms with Crippen molar-refractivity contribution in [3.63, 3.8) is 0 Å². The van der Waals surface area contributed by atoms with Crippen LogP contribution in [0.3, 0.4) is 0 Å². The molecule has 1 atom stereocenters. The molecule has 0 aliphatic carbocycles. The molecule has 1 aromatic rings. The predicted molar refractivity (Wildman–Crippen MR) is 52.6 cm³/mol. The van der Waals surface area contributed by atoms with Crippen LogP contribution in [0.2, 0.25) is 0 Å². The van der Waals surface area contributed by atoms with E-state index in [-0.39, 0.29) is 11.9 Å². The molecule has 0 fully saturated rings. The summed E-state index contributed by atoms with van der Waals surface area (Å²) in [4.78, 5) is 11.3. The van der Waals surface area contributed by atoms with E-state index >= 15 is 0 Å². The summed E-state index contributed by atoms with van der Waals surface area (Å²) >= 11 is 0. The maximum absolute atomic E-state index is 11.3. The lowest BCUT2D eigenvalue weighted by Crippen LogP contribution is -2.36. The van der Waals surface area contributed by atoms with Crippen molar-refractivity contribution in [2.75, 3.05) is 16.4 Å². The number of rotatable bonds is 0. The molecule has 1 aliphatic heterocycles. The summed E-state index contributed by atoms with van der Waals surface area (Å²) in [5.74, 6) is -0.0295. The van der Waals surface area contributed by atoms with Gasteiger partial charge in [0.15, 0.2) is 0 Å². The van der Waals surface area contributed by atoms with E-state index in [0.717, 1.165) is 11.4 Å². The van der Waals surface area contributed by atoms with Gasteiger partial charge in [-0.2, -0.15) is 0 Å². The fourth-order valence-corrected chi connectivity index (χ4v) is 1.33. The molecule has 0 spiro atoms. The van der Waals surface area contributed by atoms with Gasteiger partial charge in [0.25, 0.3) is 0 Å². The first-order valence-corrected chi connectivity index (χ1v) is 4.14. The highest BCUT2D eigenvalue weighted by Gasteiger charge is 2.20. The standard InChI is InChI=1S/C9H11N3O/c1-5-9(13)12-8-4-6(10)2-3-7(8)11-5/h2-5,11H,10H2,1H3,(H,12,13)/t5-/m1/s1. The lowest BCUT2D eigenvalue weighted by Gasteiger charge is -2.24. The fourth-order valence-electron chi connectivity index (χ4n) is 1.33. The predicted octanol–water partition coefficient (Wildman–Crippen LogP) is 1.02. The zero-order valence-corrected chi connectivity index (χ0v) is 7.29. The molecule has 0 saturated heterocycles. The summed E-state index contributed by atoms with van der Waals surface area (Å²) < 4.78 is 0. The van der Waals surface area contributed by atoms with Gasteiger partial charge in [0, 0.05) is 5.69 Å². The fraction of sp³-hybridized carbons (Fsp3) is 0.222. The Labute approximate surface area is 76.1 Å². The summed E-state index contributed by atoms with van der Waals surface area (Å²) in [5, 5.41) is 5.84. The van der Waals surface area contributed by atoms with Gasteiger partial charge in [0.05, 0.1) is 11.4 Å².